The van der Waals surface area contributed by atoms with Gasteiger partial charge in [-0.3, -0.25) is 14.0 Å². The second-order valence-electron chi connectivity index (χ2n) is 7.44. The molecule has 2 heterocycles. The first-order valence-corrected chi connectivity index (χ1v) is 9.29. The van der Waals surface area contributed by atoms with E-state index in [0.29, 0.717) is 17.3 Å². The molecule has 140 valence electrons. The quantitative estimate of drug-likeness (QED) is 0.659. The highest BCUT2D eigenvalue weighted by Gasteiger charge is 2.22. The smallest absolute Gasteiger partial charge is 0.270 e. The number of nitrogens with zero attached hydrogens (tertiary/aromatic N) is 1. The van der Waals surface area contributed by atoms with Gasteiger partial charge in [0, 0.05) is 24.1 Å². The van der Waals surface area contributed by atoms with Crippen LogP contribution < -0.4 is 10.9 Å². The number of H-pyrrole nitrogens is 1. The van der Waals surface area contributed by atoms with Crippen molar-refractivity contribution in [3.63, 3.8) is 0 Å². The average Bonchev–Trinajstić information content (AvgIpc) is 3.27. The van der Waals surface area contributed by atoms with Gasteiger partial charge >= 0.3 is 0 Å². The van der Waals surface area contributed by atoms with Crippen LogP contribution in [-0.2, 0) is 0 Å². The first-order chi connectivity index (χ1) is 12.9. The first-order valence-electron chi connectivity index (χ1n) is 9.29. The minimum atomic E-state index is -0.499. The highest BCUT2D eigenvalue weighted by molar-refractivity contribution is 6.04. The van der Waals surface area contributed by atoms with Crippen molar-refractivity contribution in [2.45, 2.75) is 45.4 Å². The summed E-state index contributed by atoms with van der Waals surface area (Å²) in [6, 6.07) is 5.38. The fourth-order valence-electron chi connectivity index (χ4n) is 3.98. The topological polar surface area (TPSA) is 86.6 Å². The number of phenols is 1. The van der Waals surface area contributed by atoms with Crippen LogP contribution in [0.3, 0.4) is 0 Å². The van der Waals surface area contributed by atoms with Crippen LogP contribution >= 0.6 is 0 Å². The number of carbonyl (C=O) groups is 1. The van der Waals surface area contributed by atoms with Gasteiger partial charge in [0.15, 0.2) is 0 Å². The van der Waals surface area contributed by atoms with E-state index < -0.39 is 5.91 Å². The number of anilines is 1. The molecule has 1 aliphatic carbocycles. The number of rotatable bonds is 3. The second kappa shape index (κ2) is 6.61. The van der Waals surface area contributed by atoms with E-state index >= 15 is 0 Å². The first kappa shape index (κ1) is 17.4. The molecule has 1 fully saturated rings. The zero-order chi connectivity index (χ0) is 19.1. The van der Waals surface area contributed by atoms with Gasteiger partial charge in [0.05, 0.1) is 0 Å². The molecule has 3 aromatic rings. The fraction of sp³-hybridized carbons (Fsp3) is 0.333. The molecule has 27 heavy (non-hydrogen) atoms. The number of aryl methyl sites for hydroxylation is 2. The van der Waals surface area contributed by atoms with E-state index in [1.54, 1.807) is 12.3 Å². The Morgan fingerprint density at radius 3 is 2.70 bits per heavy atom. The minimum absolute atomic E-state index is 0.0249. The zero-order valence-corrected chi connectivity index (χ0v) is 15.5. The third-order valence-corrected chi connectivity index (χ3v) is 5.43. The maximum absolute atomic E-state index is 12.7. The summed E-state index contributed by atoms with van der Waals surface area (Å²) < 4.78 is 1.43. The van der Waals surface area contributed by atoms with E-state index in [4.69, 9.17) is 0 Å². The highest BCUT2D eigenvalue weighted by Crippen LogP contribution is 2.40. The lowest BCUT2D eigenvalue weighted by atomic mass is 9.94. The monoisotopic (exact) mass is 365 g/mol. The van der Waals surface area contributed by atoms with Gasteiger partial charge in [0.2, 0.25) is 0 Å². The Labute approximate surface area is 156 Å². The summed E-state index contributed by atoms with van der Waals surface area (Å²) >= 11 is 0. The summed E-state index contributed by atoms with van der Waals surface area (Å²) in [5.41, 5.74) is 3.56. The van der Waals surface area contributed by atoms with Crippen molar-refractivity contribution in [3.8, 4) is 5.75 Å². The van der Waals surface area contributed by atoms with Crippen LogP contribution in [0.25, 0.3) is 5.65 Å². The third-order valence-electron chi connectivity index (χ3n) is 5.43. The van der Waals surface area contributed by atoms with Gasteiger partial charge in [-0.1, -0.05) is 18.9 Å². The molecule has 1 amide bonds. The van der Waals surface area contributed by atoms with Gasteiger partial charge < -0.3 is 15.4 Å². The Morgan fingerprint density at radius 2 is 1.96 bits per heavy atom. The average molecular weight is 365 g/mol. The normalized spacial score (nSPS) is 14.7. The number of aromatic hydroxyl groups is 1. The number of phenolic OH excluding ortho intramolecular Hbond substituents is 1. The molecule has 1 saturated carbocycles. The van der Waals surface area contributed by atoms with Crippen molar-refractivity contribution in [2.24, 2.45) is 0 Å². The second-order valence-corrected chi connectivity index (χ2v) is 7.44. The number of benzene rings is 1. The molecule has 0 atom stereocenters. The van der Waals surface area contributed by atoms with Crippen LogP contribution in [-0.4, -0.2) is 20.4 Å². The minimum Gasteiger partial charge on any atom is -0.508 e. The molecule has 1 aromatic carbocycles. The lowest BCUT2D eigenvalue weighted by Crippen LogP contribution is -2.26. The number of hydrogen-bond acceptors (Lipinski definition) is 3. The maximum atomic E-state index is 12.7. The summed E-state index contributed by atoms with van der Waals surface area (Å²) in [6.07, 6.45) is 7.67. The van der Waals surface area contributed by atoms with E-state index in [0.717, 1.165) is 29.5 Å². The molecule has 3 N–H and O–H groups in total. The van der Waals surface area contributed by atoms with Crippen molar-refractivity contribution in [1.82, 2.24) is 9.38 Å². The number of fused-ring (bicyclic) bond motifs is 1. The molecule has 0 saturated heterocycles. The molecule has 0 spiro atoms. The van der Waals surface area contributed by atoms with E-state index in [-0.39, 0.29) is 16.9 Å². The lowest BCUT2D eigenvalue weighted by molar-refractivity contribution is 0.102. The molecule has 0 bridgehead atoms. The van der Waals surface area contributed by atoms with Gasteiger partial charge in [-0.25, -0.2) is 0 Å². The Morgan fingerprint density at radius 1 is 1.22 bits per heavy atom. The van der Waals surface area contributed by atoms with Crippen LogP contribution in [0.1, 0.15) is 58.6 Å². The number of hydrogen-bond donors (Lipinski definition) is 3. The molecule has 0 radical (unpaired) electrons. The van der Waals surface area contributed by atoms with Crippen molar-refractivity contribution >= 4 is 17.2 Å². The van der Waals surface area contributed by atoms with Crippen molar-refractivity contribution in [1.29, 1.82) is 0 Å². The van der Waals surface area contributed by atoms with Crippen molar-refractivity contribution in [3.05, 3.63) is 63.2 Å². The van der Waals surface area contributed by atoms with E-state index in [1.165, 1.54) is 23.4 Å². The van der Waals surface area contributed by atoms with E-state index in [1.807, 2.05) is 26.0 Å². The Hall–Kier alpha value is -3.02. The number of amides is 1. The predicted molar refractivity (Wildman–Crippen MR) is 105 cm³/mol. The van der Waals surface area contributed by atoms with E-state index in [9.17, 15) is 14.7 Å². The molecular weight excluding hydrogens is 342 g/mol. The number of aromatic nitrogens is 2. The molecule has 2 aromatic heterocycles. The Balaban J connectivity index is 1.64. The van der Waals surface area contributed by atoms with Gasteiger partial charge in [-0.2, -0.15) is 0 Å². The van der Waals surface area contributed by atoms with Crippen molar-refractivity contribution < 1.29 is 9.90 Å². The maximum Gasteiger partial charge on any atom is 0.270 e. The number of aromatic amines is 1. The van der Waals surface area contributed by atoms with E-state index in [2.05, 4.69) is 10.3 Å². The SMILES string of the molecule is Cc1cc2[nH]cc(C(=O)Nc3cc(O)c(C4CCCC4)cc3C)c(=O)n2c1. The molecule has 1 aliphatic rings. The van der Waals surface area contributed by atoms with Crippen LogP contribution in [0.15, 0.2) is 35.4 Å². The molecule has 6 heteroatoms. The van der Waals surface area contributed by atoms with Gasteiger partial charge in [0.1, 0.15) is 17.0 Å². The van der Waals surface area contributed by atoms with Crippen LogP contribution in [0, 0.1) is 13.8 Å². The standard InChI is InChI=1S/C21H23N3O3/c1-12-7-19-22-10-16(21(27)24(19)11-12)20(26)23-17-9-18(25)15(8-13(17)2)14-5-3-4-6-14/h7-11,14,22,25H,3-6H2,1-2H3,(H,23,26). The van der Waals surface area contributed by atoms with Crippen molar-refractivity contribution in [2.75, 3.05) is 5.32 Å². The van der Waals surface area contributed by atoms with Crippen LogP contribution in [0.2, 0.25) is 0 Å². The van der Waals surface area contributed by atoms with Gasteiger partial charge in [-0.05, 0) is 55.4 Å². The summed E-state index contributed by atoms with van der Waals surface area (Å²) in [5.74, 6) is 0.0875. The van der Waals surface area contributed by atoms with Crippen LogP contribution in [0.4, 0.5) is 5.69 Å². The van der Waals surface area contributed by atoms with Crippen LogP contribution in [0.5, 0.6) is 5.75 Å². The summed E-state index contributed by atoms with van der Waals surface area (Å²) in [5, 5.41) is 13.2. The summed E-state index contributed by atoms with van der Waals surface area (Å²) in [7, 11) is 0. The third kappa shape index (κ3) is 3.12. The lowest BCUT2D eigenvalue weighted by Gasteiger charge is -2.16. The Kier molecular flexibility index (Phi) is 4.26. The molecule has 0 aliphatic heterocycles. The van der Waals surface area contributed by atoms with Gasteiger partial charge in [0.25, 0.3) is 11.5 Å². The zero-order valence-electron chi connectivity index (χ0n) is 15.5. The molecular formula is C21H23N3O3. The largest absolute Gasteiger partial charge is 0.508 e. The van der Waals surface area contributed by atoms with Gasteiger partial charge in [-0.15, -0.1) is 0 Å². The summed E-state index contributed by atoms with van der Waals surface area (Å²) in [6.45, 7) is 3.79. The Bertz CT molecular complexity index is 1090. The molecule has 4 rings (SSSR count). The highest BCUT2D eigenvalue weighted by atomic mass is 16.3. The predicted octanol–water partition coefficient (Wildman–Crippen LogP) is 3.86. The fourth-order valence-corrected chi connectivity index (χ4v) is 3.98. The number of nitrogens with one attached hydrogen (secondary N) is 2. The molecule has 0 unspecified atom stereocenters. The summed E-state index contributed by atoms with van der Waals surface area (Å²) in [4.78, 5) is 28.2. The number of carbonyl (C=O) groups excluding carboxylic acids is 1. The molecule has 6 nitrogen and oxygen atoms in total.